The van der Waals surface area contributed by atoms with E-state index in [4.69, 9.17) is 5.73 Å². The molecule has 2 rings (SSSR count). The second-order valence-electron chi connectivity index (χ2n) is 4.71. The number of hydrogen-bond acceptors (Lipinski definition) is 3. The van der Waals surface area contributed by atoms with Crippen LogP contribution in [0.3, 0.4) is 0 Å². The third-order valence-corrected chi connectivity index (χ3v) is 3.42. The lowest BCUT2D eigenvalue weighted by molar-refractivity contribution is 0.198. The minimum atomic E-state index is 0.310. The summed E-state index contributed by atoms with van der Waals surface area (Å²) in [7, 11) is 4.25. The molecule has 0 radical (unpaired) electrons. The summed E-state index contributed by atoms with van der Waals surface area (Å²) in [5, 5.41) is 0. The van der Waals surface area contributed by atoms with Crippen LogP contribution in [-0.2, 0) is 0 Å². The zero-order valence-electron chi connectivity index (χ0n) is 9.48. The highest BCUT2D eigenvalue weighted by molar-refractivity contribution is 5.22. The predicted molar refractivity (Wildman–Crippen MR) is 61.4 cm³/mol. The highest BCUT2D eigenvalue weighted by Crippen LogP contribution is 2.55. The van der Waals surface area contributed by atoms with Gasteiger partial charge in [-0.3, -0.25) is 4.98 Å². The highest BCUT2D eigenvalue weighted by atomic mass is 15.1. The molecule has 1 unspecified atom stereocenters. The fourth-order valence-electron chi connectivity index (χ4n) is 2.49. The topological polar surface area (TPSA) is 42.2 Å². The molecule has 1 atom stereocenters. The van der Waals surface area contributed by atoms with Crippen LogP contribution in [0.5, 0.6) is 0 Å². The van der Waals surface area contributed by atoms with Crippen molar-refractivity contribution in [1.29, 1.82) is 0 Å². The van der Waals surface area contributed by atoms with Crippen molar-refractivity contribution in [1.82, 2.24) is 9.88 Å². The first kappa shape index (κ1) is 10.6. The van der Waals surface area contributed by atoms with E-state index < -0.39 is 0 Å². The summed E-state index contributed by atoms with van der Waals surface area (Å²) in [4.78, 5) is 6.34. The summed E-state index contributed by atoms with van der Waals surface area (Å²) in [6.45, 7) is 0.776. The summed E-state index contributed by atoms with van der Waals surface area (Å²) >= 11 is 0. The van der Waals surface area contributed by atoms with Gasteiger partial charge in [0.05, 0.1) is 0 Å². The molecule has 1 saturated carbocycles. The molecule has 1 aromatic rings. The molecule has 0 amide bonds. The molecule has 1 fully saturated rings. The molecule has 1 heterocycles. The minimum Gasteiger partial charge on any atom is -0.330 e. The summed E-state index contributed by atoms with van der Waals surface area (Å²) in [5.74, 6) is 0. The molecule has 1 aliphatic rings. The lowest BCUT2D eigenvalue weighted by atomic mass is 9.90. The monoisotopic (exact) mass is 205 g/mol. The number of hydrogen-bond donors (Lipinski definition) is 1. The van der Waals surface area contributed by atoms with Gasteiger partial charge >= 0.3 is 0 Å². The fourth-order valence-corrected chi connectivity index (χ4v) is 2.49. The van der Waals surface area contributed by atoms with Crippen molar-refractivity contribution in [3.8, 4) is 0 Å². The number of pyridine rings is 1. The second-order valence-corrected chi connectivity index (χ2v) is 4.71. The van der Waals surface area contributed by atoms with Crippen molar-refractivity contribution >= 4 is 0 Å². The quantitative estimate of drug-likeness (QED) is 0.808. The molecule has 0 aliphatic heterocycles. The number of nitrogens with two attached hydrogens (primary N) is 1. The van der Waals surface area contributed by atoms with Crippen LogP contribution in [0.25, 0.3) is 0 Å². The van der Waals surface area contributed by atoms with Gasteiger partial charge < -0.3 is 10.6 Å². The van der Waals surface area contributed by atoms with Crippen molar-refractivity contribution in [3.05, 3.63) is 30.1 Å². The zero-order valence-corrected chi connectivity index (χ0v) is 9.48. The van der Waals surface area contributed by atoms with Crippen molar-refractivity contribution in [2.24, 2.45) is 11.1 Å². The Balaban J connectivity index is 2.29. The molecule has 0 aromatic carbocycles. The Hall–Kier alpha value is -0.930. The van der Waals surface area contributed by atoms with E-state index in [0.717, 1.165) is 6.54 Å². The first-order chi connectivity index (χ1) is 7.19. The van der Waals surface area contributed by atoms with Crippen LogP contribution in [0.4, 0.5) is 0 Å². The molecule has 1 aliphatic carbocycles. The summed E-state index contributed by atoms with van der Waals surface area (Å²) in [6.07, 6.45) is 6.21. The first-order valence-corrected chi connectivity index (χ1v) is 5.46. The van der Waals surface area contributed by atoms with Gasteiger partial charge in [0.25, 0.3) is 0 Å². The van der Waals surface area contributed by atoms with Crippen molar-refractivity contribution in [2.45, 2.75) is 18.9 Å². The molecule has 1 aromatic heterocycles. The Morgan fingerprint density at radius 1 is 1.40 bits per heavy atom. The van der Waals surface area contributed by atoms with Crippen LogP contribution in [0.1, 0.15) is 24.4 Å². The molecule has 82 valence electrons. The van der Waals surface area contributed by atoms with Crippen LogP contribution in [0.15, 0.2) is 24.5 Å². The normalized spacial score (nSPS) is 20.3. The molecule has 0 saturated heterocycles. The molecule has 15 heavy (non-hydrogen) atoms. The average Bonchev–Trinajstić information content (AvgIpc) is 3.00. The fraction of sp³-hybridized carbons (Fsp3) is 0.583. The van der Waals surface area contributed by atoms with Crippen LogP contribution >= 0.6 is 0 Å². The van der Waals surface area contributed by atoms with Crippen LogP contribution in [0, 0.1) is 5.41 Å². The van der Waals surface area contributed by atoms with Crippen LogP contribution in [-0.4, -0.2) is 30.5 Å². The summed E-state index contributed by atoms with van der Waals surface area (Å²) in [5.41, 5.74) is 7.54. The van der Waals surface area contributed by atoms with Gasteiger partial charge in [0, 0.05) is 23.9 Å². The third kappa shape index (κ3) is 1.90. The van der Waals surface area contributed by atoms with Gasteiger partial charge in [-0.1, -0.05) is 0 Å². The van der Waals surface area contributed by atoms with E-state index in [2.05, 4.69) is 36.1 Å². The Bertz CT molecular complexity index is 317. The Morgan fingerprint density at radius 3 is 2.40 bits per heavy atom. The lowest BCUT2D eigenvalue weighted by Gasteiger charge is -2.32. The lowest BCUT2D eigenvalue weighted by Crippen LogP contribution is -2.33. The minimum absolute atomic E-state index is 0.310. The van der Waals surface area contributed by atoms with Gasteiger partial charge in [-0.15, -0.1) is 0 Å². The van der Waals surface area contributed by atoms with Gasteiger partial charge in [0.1, 0.15) is 0 Å². The number of rotatable bonds is 4. The van der Waals surface area contributed by atoms with E-state index in [1.807, 2.05) is 12.4 Å². The largest absolute Gasteiger partial charge is 0.330 e. The molecule has 0 bridgehead atoms. The average molecular weight is 205 g/mol. The van der Waals surface area contributed by atoms with Crippen molar-refractivity contribution in [3.63, 3.8) is 0 Å². The standard InChI is InChI=1S/C12H19N3/c1-15(2)11(12(9-13)5-6-12)10-3-7-14-8-4-10/h3-4,7-8,11H,5-6,9,13H2,1-2H3. The maximum atomic E-state index is 5.90. The van der Waals surface area contributed by atoms with Gasteiger partial charge in [-0.2, -0.15) is 0 Å². The molecule has 0 spiro atoms. The van der Waals surface area contributed by atoms with Crippen LogP contribution in [0.2, 0.25) is 0 Å². The molecular formula is C12H19N3. The summed E-state index contributed by atoms with van der Waals surface area (Å²) < 4.78 is 0. The smallest absolute Gasteiger partial charge is 0.0411 e. The maximum absolute atomic E-state index is 5.90. The van der Waals surface area contributed by atoms with Gasteiger partial charge in [0.2, 0.25) is 0 Å². The van der Waals surface area contributed by atoms with Crippen molar-refractivity contribution < 1.29 is 0 Å². The second kappa shape index (κ2) is 3.91. The Labute approximate surface area is 91.3 Å². The maximum Gasteiger partial charge on any atom is 0.0411 e. The Kier molecular flexibility index (Phi) is 2.76. The molecule has 3 heteroatoms. The van der Waals surface area contributed by atoms with Crippen molar-refractivity contribution in [2.75, 3.05) is 20.6 Å². The predicted octanol–water partition coefficient (Wildman–Crippen LogP) is 1.42. The van der Waals surface area contributed by atoms with Gasteiger partial charge in [0.15, 0.2) is 0 Å². The summed E-state index contributed by atoms with van der Waals surface area (Å²) in [6, 6.07) is 4.63. The molecule has 3 nitrogen and oxygen atoms in total. The molecule has 2 N–H and O–H groups in total. The van der Waals surface area contributed by atoms with Gasteiger partial charge in [-0.05, 0) is 51.2 Å². The van der Waals surface area contributed by atoms with E-state index >= 15 is 0 Å². The molecular weight excluding hydrogens is 186 g/mol. The van der Waals surface area contributed by atoms with E-state index in [1.54, 1.807) is 0 Å². The zero-order chi connectivity index (χ0) is 10.9. The van der Waals surface area contributed by atoms with E-state index in [9.17, 15) is 0 Å². The Morgan fingerprint density at radius 2 is 2.00 bits per heavy atom. The highest BCUT2D eigenvalue weighted by Gasteiger charge is 2.49. The third-order valence-electron chi connectivity index (χ3n) is 3.42. The first-order valence-electron chi connectivity index (χ1n) is 5.46. The number of aromatic nitrogens is 1. The number of nitrogens with zero attached hydrogens (tertiary/aromatic N) is 2. The van der Waals surface area contributed by atoms with E-state index in [-0.39, 0.29) is 0 Å². The van der Waals surface area contributed by atoms with Crippen LogP contribution < -0.4 is 5.73 Å². The SMILES string of the molecule is CN(C)C(c1ccncc1)C1(CN)CC1. The van der Waals surface area contributed by atoms with E-state index in [0.29, 0.717) is 11.5 Å². The van der Waals surface area contributed by atoms with Gasteiger partial charge in [-0.25, -0.2) is 0 Å². The van der Waals surface area contributed by atoms with E-state index in [1.165, 1.54) is 18.4 Å².